The number of piperidine rings is 1. The number of aryl methyl sites for hydroxylation is 1. The second-order valence-electron chi connectivity index (χ2n) is 5.59. The Labute approximate surface area is 137 Å². The summed E-state index contributed by atoms with van der Waals surface area (Å²) in [7, 11) is -3.25. The molecule has 1 aliphatic heterocycles. The zero-order chi connectivity index (χ0) is 16.7. The number of carbonyl (C=O) groups excluding carboxylic acids is 1. The molecule has 1 heterocycles. The van der Waals surface area contributed by atoms with Gasteiger partial charge in [-0.3, -0.25) is 0 Å². The summed E-state index contributed by atoms with van der Waals surface area (Å²) in [4.78, 5) is 11.4. The van der Waals surface area contributed by atoms with Crippen molar-refractivity contribution < 1.29 is 17.9 Å². The zero-order valence-corrected chi connectivity index (χ0v) is 14.2. The largest absolute Gasteiger partial charge is 0.450 e. The Kier molecular flexibility index (Phi) is 6.41. The van der Waals surface area contributed by atoms with Crippen LogP contribution in [0.25, 0.3) is 0 Å². The molecule has 0 unspecified atom stereocenters. The molecule has 1 fully saturated rings. The van der Waals surface area contributed by atoms with Gasteiger partial charge in [-0.05, 0) is 31.7 Å². The first-order valence-corrected chi connectivity index (χ1v) is 9.57. The Morgan fingerprint density at radius 1 is 1.26 bits per heavy atom. The van der Waals surface area contributed by atoms with E-state index in [0.29, 0.717) is 39.0 Å². The Morgan fingerprint density at radius 2 is 1.91 bits per heavy atom. The molecule has 0 saturated carbocycles. The number of amides is 1. The SMILES string of the molecule is CCOC(=O)NC1CCN(S(=O)(=O)CCc2ccccc2)CC1. The fourth-order valence-electron chi connectivity index (χ4n) is 2.64. The molecule has 1 saturated heterocycles. The summed E-state index contributed by atoms with van der Waals surface area (Å²) < 4.78 is 31.2. The molecular weight excluding hydrogens is 316 g/mol. The number of rotatable bonds is 6. The third-order valence-electron chi connectivity index (χ3n) is 3.94. The van der Waals surface area contributed by atoms with Crippen LogP contribution in [0, 0.1) is 0 Å². The molecule has 2 rings (SSSR count). The van der Waals surface area contributed by atoms with Crippen molar-refractivity contribution in [1.29, 1.82) is 0 Å². The number of ether oxygens (including phenoxy) is 1. The minimum absolute atomic E-state index is 0.0189. The standard InChI is InChI=1S/C16H24N2O4S/c1-2-22-16(19)17-15-8-11-18(12-9-15)23(20,21)13-10-14-6-4-3-5-7-14/h3-7,15H,2,8-13H2,1H3,(H,17,19). The van der Waals surface area contributed by atoms with E-state index < -0.39 is 16.1 Å². The third-order valence-corrected chi connectivity index (χ3v) is 5.81. The number of nitrogens with zero attached hydrogens (tertiary/aromatic N) is 1. The lowest BCUT2D eigenvalue weighted by atomic mass is 10.1. The van der Waals surface area contributed by atoms with Crippen LogP contribution >= 0.6 is 0 Å². The average molecular weight is 340 g/mol. The van der Waals surface area contributed by atoms with Crippen molar-refractivity contribution in [2.75, 3.05) is 25.4 Å². The maximum atomic E-state index is 12.4. The molecule has 1 N–H and O–H groups in total. The van der Waals surface area contributed by atoms with Crippen LogP contribution in [0.1, 0.15) is 25.3 Å². The van der Waals surface area contributed by atoms with E-state index in [1.54, 1.807) is 6.92 Å². The highest BCUT2D eigenvalue weighted by Gasteiger charge is 2.28. The molecule has 128 valence electrons. The molecular formula is C16H24N2O4S. The van der Waals surface area contributed by atoms with Gasteiger partial charge in [-0.1, -0.05) is 30.3 Å². The summed E-state index contributed by atoms with van der Waals surface area (Å²) in [6.07, 6.45) is 1.31. The number of benzene rings is 1. The Hall–Kier alpha value is -1.60. The van der Waals surface area contributed by atoms with Crippen LogP contribution in [-0.4, -0.2) is 50.3 Å². The maximum absolute atomic E-state index is 12.4. The third kappa shape index (κ3) is 5.51. The summed E-state index contributed by atoms with van der Waals surface area (Å²) in [6, 6.07) is 9.59. The summed E-state index contributed by atoms with van der Waals surface area (Å²) in [6.45, 7) is 2.96. The van der Waals surface area contributed by atoms with Gasteiger partial charge in [0.25, 0.3) is 0 Å². The van der Waals surface area contributed by atoms with Gasteiger partial charge in [0.15, 0.2) is 0 Å². The van der Waals surface area contributed by atoms with Gasteiger partial charge in [-0.25, -0.2) is 17.5 Å². The number of carbonyl (C=O) groups is 1. The molecule has 0 aliphatic carbocycles. The van der Waals surface area contributed by atoms with Crippen LogP contribution in [0.3, 0.4) is 0 Å². The monoisotopic (exact) mass is 340 g/mol. The molecule has 1 amide bonds. The lowest BCUT2D eigenvalue weighted by molar-refractivity contribution is 0.143. The number of alkyl carbamates (subject to hydrolysis) is 1. The van der Waals surface area contributed by atoms with Gasteiger partial charge >= 0.3 is 6.09 Å². The van der Waals surface area contributed by atoms with Crippen molar-refractivity contribution in [2.24, 2.45) is 0 Å². The molecule has 1 aliphatic rings. The van der Waals surface area contributed by atoms with Crippen LogP contribution < -0.4 is 5.32 Å². The average Bonchev–Trinajstić information content (AvgIpc) is 2.55. The fourth-order valence-corrected chi connectivity index (χ4v) is 4.16. The molecule has 7 heteroatoms. The Bertz CT molecular complexity index is 596. The van der Waals surface area contributed by atoms with Crippen molar-refractivity contribution in [2.45, 2.75) is 32.2 Å². The first-order valence-electron chi connectivity index (χ1n) is 7.96. The molecule has 0 spiro atoms. The van der Waals surface area contributed by atoms with Gasteiger partial charge in [-0.2, -0.15) is 0 Å². The van der Waals surface area contributed by atoms with Gasteiger partial charge in [-0.15, -0.1) is 0 Å². The Morgan fingerprint density at radius 3 is 2.52 bits per heavy atom. The van der Waals surface area contributed by atoms with Crippen molar-refractivity contribution >= 4 is 16.1 Å². The van der Waals surface area contributed by atoms with Crippen LogP contribution in [-0.2, 0) is 21.2 Å². The molecule has 1 aromatic rings. The molecule has 6 nitrogen and oxygen atoms in total. The predicted molar refractivity (Wildman–Crippen MR) is 88.7 cm³/mol. The van der Waals surface area contributed by atoms with Gasteiger partial charge in [0, 0.05) is 19.1 Å². The molecule has 1 aromatic carbocycles. The first-order chi connectivity index (χ1) is 11.0. The highest BCUT2D eigenvalue weighted by molar-refractivity contribution is 7.89. The summed E-state index contributed by atoms with van der Waals surface area (Å²) >= 11 is 0. The molecule has 0 atom stereocenters. The molecule has 0 bridgehead atoms. The second kappa shape index (κ2) is 8.31. The number of nitrogens with one attached hydrogen (secondary N) is 1. The lowest BCUT2D eigenvalue weighted by Crippen LogP contribution is -2.47. The summed E-state index contributed by atoms with van der Waals surface area (Å²) in [5.74, 6) is 0.118. The smallest absolute Gasteiger partial charge is 0.407 e. The zero-order valence-electron chi connectivity index (χ0n) is 13.4. The van der Waals surface area contributed by atoms with Gasteiger partial charge in [0.1, 0.15) is 0 Å². The van der Waals surface area contributed by atoms with E-state index in [0.717, 1.165) is 5.56 Å². The van der Waals surface area contributed by atoms with Gasteiger partial charge < -0.3 is 10.1 Å². The van der Waals surface area contributed by atoms with Gasteiger partial charge in [0.05, 0.1) is 12.4 Å². The van der Waals surface area contributed by atoms with E-state index in [1.807, 2.05) is 30.3 Å². The lowest BCUT2D eigenvalue weighted by Gasteiger charge is -2.31. The second-order valence-corrected chi connectivity index (χ2v) is 7.68. The number of sulfonamides is 1. The van der Waals surface area contributed by atoms with E-state index in [2.05, 4.69) is 5.32 Å². The fraction of sp³-hybridized carbons (Fsp3) is 0.562. The predicted octanol–water partition coefficient (Wildman–Crippen LogP) is 1.77. The van der Waals surface area contributed by atoms with Gasteiger partial charge in [0.2, 0.25) is 10.0 Å². The summed E-state index contributed by atoms with van der Waals surface area (Å²) in [5, 5.41) is 2.77. The minimum atomic E-state index is -3.25. The number of hydrogen-bond donors (Lipinski definition) is 1. The maximum Gasteiger partial charge on any atom is 0.407 e. The van der Waals surface area contributed by atoms with Crippen molar-refractivity contribution in [3.05, 3.63) is 35.9 Å². The quantitative estimate of drug-likeness (QED) is 0.856. The van der Waals surface area contributed by atoms with Crippen LogP contribution in [0.15, 0.2) is 30.3 Å². The van der Waals surface area contributed by atoms with E-state index in [-0.39, 0.29) is 11.8 Å². The highest BCUT2D eigenvalue weighted by atomic mass is 32.2. The van der Waals surface area contributed by atoms with E-state index >= 15 is 0 Å². The van der Waals surface area contributed by atoms with E-state index in [4.69, 9.17) is 4.74 Å². The van der Waals surface area contributed by atoms with Crippen molar-refractivity contribution in [1.82, 2.24) is 9.62 Å². The van der Waals surface area contributed by atoms with Crippen LogP contribution in [0.2, 0.25) is 0 Å². The normalized spacial score (nSPS) is 16.9. The van der Waals surface area contributed by atoms with E-state index in [1.165, 1.54) is 4.31 Å². The van der Waals surface area contributed by atoms with Crippen molar-refractivity contribution in [3.63, 3.8) is 0 Å². The topological polar surface area (TPSA) is 75.7 Å². The minimum Gasteiger partial charge on any atom is -0.450 e. The summed E-state index contributed by atoms with van der Waals surface area (Å²) in [5.41, 5.74) is 1.02. The highest BCUT2D eigenvalue weighted by Crippen LogP contribution is 2.15. The van der Waals surface area contributed by atoms with Crippen LogP contribution in [0.5, 0.6) is 0 Å². The number of hydrogen-bond acceptors (Lipinski definition) is 4. The molecule has 0 radical (unpaired) electrons. The molecule has 0 aromatic heterocycles. The van der Waals surface area contributed by atoms with Crippen LogP contribution in [0.4, 0.5) is 4.79 Å². The molecule has 23 heavy (non-hydrogen) atoms. The van der Waals surface area contributed by atoms with E-state index in [9.17, 15) is 13.2 Å². The van der Waals surface area contributed by atoms with Crippen molar-refractivity contribution in [3.8, 4) is 0 Å². The first kappa shape index (κ1) is 17.7. The Balaban J connectivity index is 1.80.